The van der Waals surface area contributed by atoms with Gasteiger partial charge in [0.15, 0.2) is 0 Å². The first-order valence-electron chi connectivity index (χ1n) is 8.18. The zero-order valence-electron chi connectivity index (χ0n) is 13.7. The molecule has 1 aromatic heterocycles. The number of rotatable bonds is 5. The number of hydrogen-bond donors (Lipinski definition) is 1. The van der Waals surface area contributed by atoms with E-state index < -0.39 is 10.0 Å². The second kappa shape index (κ2) is 7.95. The SMILES string of the molecule is O=C(/C=C/c1ccsc1)Nc1ccccc1S(=O)(=O)N1CCCCC1. The Morgan fingerprint density at radius 3 is 2.60 bits per heavy atom. The number of thiophene rings is 1. The van der Waals surface area contributed by atoms with Gasteiger partial charge in [0, 0.05) is 19.2 Å². The highest BCUT2D eigenvalue weighted by Crippen LogP contribution is 2.26. The molecule has 0 radical (unpaired) electrons. The van der Waals surface area contributed by atoms with Gasteiger partial charge in [-0.05, 0) is 53.4 Å². The summed E-state index contributed by atoms with van der Waals surface area (Å²) in [5, 5.41) is 6.55. The molecule has 25 heavy (non-hydrogen) atoms. The fourth-order valence-corrected chi connectivity index (χ4v) is 5.05. The van der Waals surface area contributed by atoms with Gasteiger partial charge in [0.2, 0.25) is 15.9 Å². The molecule has 0 spiro atoms. The van der Waals surface area contributed by atoms with Crippen LogP contribution in [0.1, 0.15) is 24.8 Å². The van der Waals surface area contributed by atoms with E-state index in [9.17, 15) is 13.2 Å². The number of anilines is 1. The second-order valence-corrected chi connectivity index (χ2v) is 8.53. The quantitative estimate of drug-likeness (QED) is 0.811. The van der Waals surface area contributed by atoms with E-state index in [1.807, 2.05) is 16.8 Å². The Morgan fingerprint density at radius 2 is 1.88 bits per heavy atom. The van der Waals surface area contributed by atoms with Crippen LogP contribution in [0.2, 0.25) is 0 Å². The van der Waals surface area contributed by atoms with Gasteiger partial charge in [0.25, 0.3) is 0 Å². The Bertz CT molecular complexity index is 852. The first kappa shape index (κ1) is 17.8. The lowest BCUT2D eigenvalue weighted by molar-refractivity contribution is -0.111. The van der Waals surface area contributed by atoms with Crippen LogP contribution in [-0.4, -0.2) is 31.7 Å². The van der Waals surface area contributed by atoms with E-state index in [0.29, 0.717) is 18.8 Å². The average molecular weight is 377 g/mol. The molecule has 1 aromatic carbocycles. The summed E-state index contributed by atoms with van der Waals surface area (Å²) in [6, 6.07) is 8.46. The molecule has 1 aliphatic heterocycles. The average Bonchev–Trinajstić information content (AvgIpc) is 3.15. The van der Waals surface area contributed by atoms with E-state index in [1.165, 1.54) is 10.4 Å². The van der Waals surface area contributed by atoms with Crippen molar-refractivity contribution in [3.8, 4) is 0 Å². The number of nitrogens with one attached hydrogen (secondary N) is 1. The molecule has 1 aliphatic rings. The summed E-state index contributed by atoms with van der Waals surface area (Å²) in [6.45, 7) is 1.06. The molecule has 7 heteroatoms. The van der Waals surface area contributed by atoms with E-state index in [1.54, 1.807) is 41.7 Å². The van der Waals surface area contributed by atoms with Crippen LogP contribution in [0.4, 0.5) is 5.69 Å². The van der Waals surface area contributed by atoms with Crippen LogP contribution < -0.4 is 5.32 Å². The molecule has 1 N–H and O–H groups in total. The fraction of sp³-hybridized carbons (Fsp3) is 0.278. The molecular weight excluding hydrogens is 356 g/mol. The van der Waals surface area contributed by atoms with E-state index in [0.717, 1.165) is 24.8 Å². The Kier molecular flexibility index (Phi) is 5.67. The number of carbonyl (C=O) groups excluding carboxylic acids is 1. The Labute approximate surface area is 152 Å². The lowest BCUT2D eigenvalue weighted by Gasteiger charge is -2.26. The topological polar surface area (TPSA) is 66.5 Å². The standard InChI is InChI=1S/C18H20N2O3S2/c21-18(9-8-15-10-13-24-14-15)19-16-6-2-3-7-17(16)25(22,23)20-11-4-1-5-12-20/h2-3,6-10,13-14H,1,4-5,11-12H2,(H,19,21)/b9-8+. The zero-order chi connectivity index (χ0) is 17.7. The number of benzene rings is 1. The third kappa shape index (κ3) is 4.36. The maximum atomic E-state index is 12.9. The monoisotopic (exact) mass is 376 g/mol. The summed E-state index contributed by atoms with van der Waals surface area (Å²) in [5.41, 5.74) is 1.25. The highest BCUT2D eigenvalue weighted by molar-refractivity contribution is 7.89. The van der Waals surface area contributed by atoms with Crippen molar-refractivity contribution in [3.05, 3.63) is 52.7 Å². The van der Waals surface area contributed by atoms with Gasteiger partial charge in [-0.15, -0.1) is 0 Å². The van der Waals surface area contributed by atoms with Crippen molar-refractivity contribution in [3.63, 3.8) is 0 Å². The highest BCUT2D eigenvalue weighted by atomic mass is 32.2. The van der Waals surface area contributed by atoms with Crippen molar-refractivity contribution in [1.82, 2.24) is 4.31 Å². The number of hydrogen-bond acceptors (Lipinski definition) is 4. The smallest absolute Gasteiger partial charge is 0.248 e. The number of amides is 1. The van der Waals surface area contributed by atoms with Crippen molar-refractivity contribution in [1.29, 1.82) is 0 Å². The normalized spacial score (nSPS) is 16.2. The van der Waals surface area contributed by atoms with Crippen molar-refractivity contribution >= 4 is 39.0 Å². The van der Waals surface area contributed by atoms with Gasteiger partial charge in [-0.25, -0.2) is 8.42 Å². The molecule has 0 unspecified atom stereocenters. The summed E-state index contributed by atoms with van der Waals surface area (Å²) < 4.78 is 27.3. The van der Waals surface area contributed by atoms with Gasteiger partial charge in [0.05, 0.1) is 5.69 Å². The van der Waals surface area contributed by atoms with Gasteiger partial charge in [-0.1, -0.05) is 18.6 Å². The molecule has 132 valence electrons. The van der Waals surface area contributed by atoms with Crippen molar-refractivity contribution < 1.29 is 13.2 Å². The number of para-hydroxylation sites is 1. The summed E-state index contributed by atoms with van der Waals surface area (Å²) in [4.78, 5) is 12.3. The highest BCUT2D eigenvalue weighted by Gasteiger charge is 2.28. The first-order valence-corrected chi connectivity index (χ1v) is 10.6. The van der Waals surface area contributed by atoms with E-state index in [4.69, 9.17) is 0 Å². The van der Waals surface area contributed by atoms with Crippen LogP contribution >= 0.6 is 11.3 Å². The third-order valence-corrected chi connectivity index (χ3v) is 6.71. The van der Waals surface area contributed by atoms with Crippen LogP contribution in [-0.2, 0) is 14.8 Å². The molecule has 0 saturated carbocycles. The van der Waals surface area contributed by atoms with Gasteiger partial charge >= 0.3 is 0 Å². The molecule has 0 atom stereocenters. The molecule has 5 nitrogen and oxygen atoms in total. The predicted molar refractivity (Wildman–Crippen MR) is 101 cm³/mol. The largest absolute Gasteiger partial charge is 0.321 e. The molecule has 1 amide bonds. The summed E-state index contributed by atoms with van der Waals surface area (Å²) >= 11 is 1.55. The lowest BCUT2D eigenvalue weighted by atomic mass is 10.2. The van der Waals surface area contributed by atoms with Gasteiger partial charge in [-0.2, -0.15) is 15.6 Å². The molecule has 0 bridgehead atoms. The molecule has 2 aromatic rings. The van der Waals surface area contributed by atoms with E-state index >= 15 is 0 Å². The minimum atomic E-state index is -3.60. The molecule has 1 saturated heterocycles. The third-order valence-electron chi connectivity index (χ3n) is 4.05. The predicted octanol–water partition coefficient (Wildman–Crippen LogP) is 3.57. The Hall–Kier alpha value is -1.96. The van der Waals surface area contributed by atoms with E-state index in [-0.39, 0.29) is 10.8 Å². The Balaban J connectivity index is 1.79. The number of piperidine rings is 1. The molecule has 1 fully saturated rings. The van der Waals surface area contributed by atoms with Gasteiger partial charge in [-0.3, -0.25) is 4.79 Å². The van der Waals surface area contributed by atoms with Crippen molar-refractivity contribution in [2.24, 2.45) is 0 Å². The number of nitrogens with zero attached hydrogens (tertiary/aromatic N) is 1. The van der Waals surface area contributed by atoms with Crippen LogP contribution in [0.3, 0.4) is 0 Å². The van der Waals surface area contributed by atoms with Gasteiger partial charge in [0.1, 0.15) is 4.90 Å². The van der Waals surface area contributed by atoms with Crippen molar-refractivity contribution in [2.75, 3.05) is 18.4 Å². The minimum absolute atomic E-state index is 0.147. The molecule has 3 rings (SSSR count). The van der Waals surface area contributed by atoms with Crippen molar-refractivity contribution in [2.45, 2.75) is 24.2 Å². The summed E-state index contributed by atoms with van der Waals surface area (Å²) in [6.07, 6.45) is 5.91. The van der Waals surface area contributed by atoms with Crippen LogP contribution in [0.5, 0.6) is 0 Å². The molecular formula is C18H20N2O3S2. The summed E-state index contributed by atoms with van der Waals surface area (Å²) in [7, 11) is -3.60. The van der Waals surface area contributed by atoms with E-state index in [2.05, 4.69) is 5.32 Å². The minimum Gasteiger partial charge on any atom is -0.321 e. The van der Waals surface area contributed by atoms with Crippen LogP contribution in [0.15, 0.2) is 52.1 Å². The zero-order valence-corrected chi connectivity index (χ0v) is 15.4. The fourth-order valence-electron chi connectivity index (χ4n) is 2.76. The van der Waals surface area contributed by atoms with Gasteiger partial charge < -0.3 is 5.32 Å². The lowest BCUT2D eigenvalue weighted by Crippen LogP contribution is -2.36. The molecule has 2 heterocycles. The summed E-state index contributed by atoms with van der Waals surface area (Å²) in [5.74, 6) is -0.354. The van der Waals surface area contributed by atoms with Crippen LogP contribution in [0.25, 0.3) is 6.08 Å². The maximum Gasteiger partial charge on any atom is 0.248 e. The molecule has 0 aliphatic carbocycles. The number of sulfonamides is 1. The Morgan fingerprint density at radius 1 is 1.12 bits per heavy atom. The maximum absolute atomic E-state index is 12.9. The second-order valence-electron chi connectivity index (χ2n) is 5.84. The number of carbonyl (C=O) groups is 1. The first-order chi connectivity index (χ1) is 12.1. The van der Waals surface area contributed by atoms with Crippen LogP contribution in [0, 0.1) is 0 Å².